The molecule has 1 aromatic carbocycles. The molecule has 0 unspecified atom stereocenters. The standard InChI is InChI=1S/C10H9F4O2/c1-5-3-4-7(15-9(11)12)6(2)8(5)16-10(13)14/h3-4,9-10H,2H2,1H3. The fourth-order valence-electron chi connectivity index (χ4n) is 1.19. The third kappa shape index (κ3) is 3.01. The Kier molecular flexibility index (Phi) is 3.98. The second-order valence-corrected chi connectivity index (χ2v) is 2.95. The lowest BCUT2D eigenvalue weighted by atomic mass is 10.1. The molecule has 0 amide bonds. The molecule has 1 radical (unpaired) electrons. The van der Waals surface area contributed by atoms with Crippen molar-refractivity contribution >= 4 is 0 Å². The maximum atomic E-state index is 12.0. The van der Waals surface area contributed by atoms with E-state index in [-0.39, 0.29) is 17.1 Å². The van der Waals surface area contributed by atoms with Gasteiger partial charge in [0.05, 0.1) is 0 Å². The smallest absolute Gasteiger partial charge is 0.387 e. The fourth-order valence-corrected chi connectivity index (χ4v) is 1.19. The van der Waals surface area contributed by atoms with Crippen molar-refractivity contribution in [3.63, 3.8) is 0 Å². The predicted molar refractivity (Wildman–Crippen MR) is 48.9 cm³/mol. The van der Waals surface area contributed by atoms with Crippen LogP contribution < -0.4 is 9.47 Å². The molecule has 2 nitrogen and oxygen atoms in total. The van der Waals surface area contributed by atoms with E-state index < -0.39 is 13.2 Å². The van der Waals surface area contributed by atoms with Gasteiger partial charge in [-0.15, -0.1) is 0 Å². The minimum absolute atomic E-state index is 0.124. The van der Waals surface area contributed by atoms with Crippen molar-refractivity contribution in [2.45, 2.75) is 20.1 Å². The van der Waals surface area contributed by atoms with Gasteiger partial charge in [0, 0.05) is 5.56 Å². The number of halogens is 4. The van der Waals surface area contributed by atoms with Crippen LogP contribution in [0, 0.1) is 13.8 Å². The Morgan fingerprint density at radius 2 is 1.62 bits per heavy atom. The first-order chi connectivity index (χ1) is 7.41. The summed E-state index contributed by atoms with van der Waals surface area (Å²) in [6, 6.07) is 2.56. The molecule has 6 heteroatoms. The highest BCUT2D eigenvalue weighted by Gasteiger charge is 2.16. The molecule has 0 heterocycles. The minimum atomic E-state index is -3.04. The second kappa shape index (κ2) is 5.05. The average Bonchev–Trinajstić information content (AvgIpc) is 2.16. The molecule has 0 aliphatic carbocycles. The lowest BCUT2D eigenvalue weighted by Crippen LogP contribution is -2.08. The van der Waals surface area contributed by atoms with Gasteiger partial charge in [-0.1, -0.05) is 6.07 Å². The van der Waals surface area contributed by atoms with Crippen molar-refractivity contribution in [2.24, 2.45) is 0 Å². The molecule has 0 aromatic heterocycles. The van der Waals surface area contributed by atoms with E-state index in [9.17, 15) is 17.6 Å². The molecule has 0 fully saturated rings. The lowest BCUT2D eigenvalue weighted by Gasteiger charge is -2.14. The van der Waals surface area contributed by atoms with E-state index >= 15 is 0 Å². The molecule has 16 heavy (non-hydrogen) atoms. The van der Waals surface area contributed by atoms with E-state index in [2.05, 4.69) is 16.4 Å². The normalized spacial score (nSPS) is 11.0. The molecule has 0 spiro atoms. The van der Waals surface area contributed by atoms with Crippen LogP contribution in [0.25, 0.3) is 0 Å². The van der Waals surface area contributed by atoms with Crippen molar-refractivity contribution in [3.8, 4) is 11.5 Å². The summed E-state index contributed by atoms with van der Waals surface area (Å²) >= 11 is 0. The van der Waals surface area contributed by atoms with Gasteiger partial charge in [0.1, 0.15) is 11.5 Å². The number of benzene rings is 1. The van der Waals surface area contributed by atoms with Crippen LogP contribution in [0.1, 0.15) is 11.1 Å². The minimum Gasteiger partial charge on any atom is -0.434 e. The maximum absolute atomic E-state index is 12.0. The molecule has 1 rings (SSSR count). The molecule has 0 saturated carbocycles. The molecule has 1 aromatic rings. The molecular formula is C10H9F4O2. The average molecular weight is 237 g/mol. The Bertz CT molecular complexity index is 366. The summed E-state index contributed by atoms with van der Waals surface area (Å²) in [5.74, 6) is -0.524. The zero-order valence-electron chi connectivity index (χ0n) is 8.34. The summed E-state index contributed by atoms with van der Waals surface area (Å²) < 4.78 is 56.3. The van der Waals surface area contributed by atoms with Gasteiger partial charge in [-0.2, -0.15) is 17.6 Å². The quantitative estimate of drug-likeness (QED) is 0.747. The van der Waals surface area contributed by atoms with Crippen molar-refractivity contribution in [1.29, 1.82) is 0 Å². The van der Waals surface area contributed by atoms with E-state index in [0.717, 1.165) is 0 Å². The largest absolute Gasteiger partial charge is 0.434 e. The lowest BCUT2D eigenvalue weighted by molar-refractivity contribution is -0.0550. The van der Waals surface area contributed by atoms with Crippen LogP contribution in [0.15, 0.2) is 12.1 Å². The van der Waals surface area contributed by atoms with Gasteiger partial charge in [-0.05, 0) is 25.5 Å². The fraction of sp³-hybridized carbons (Fsp3) is 0.300. The van der Waals surface area contributed by atoms with Crippen molar-refractivity contribution in [3.05, 3.63) is 30.2 Å². The zero-order valence-corrected chi connectivity index (χ0v) is 8.34. The van der Waals surface area contributed by atoms with E-state index in [1.54, 1.807) is 0 Å². The molecule has 0 bridgehead atoms. The molecule has 0 saturated heterocycles. The van der Waals surface area contributed by atoms with Crippen LogP contribution >= 0.6 is 0 Å². The van der Waals surface area contributed by atoms with Gasteiger partial charge in [0.25, 0.3) is 0 Å². The Balaban J connectivity index is 3.06. The summed E-state index contributed by atoms with van der Waals surface area (Å²) in [4.78, 5) is 0. The van der Waals surface area contributed by atoms with E-state index in [4.69, 9.17) is 0 Å². The SMILES string of the molecule is [CH2]c1c(OC(F)F)ccc(C)c1OC(F)F. The Morgan fingerprint density at radius 3 is 2.12 bits per heavy atom. The summed E-state index contributed by atoms with van der Waals surface area (Å²) in [7, 11) is 0. The number of aryl methyl sites for hydroxylation is 1. The van der Waals surface area contributed by atoms with Crippen molar-refractivity contribution < 1.29 is 27.0 Å². The molecule has 89 valence electrons. The predicted octanol–water partition coefficient (Wildman–Crippen LogP) is 3.38. The summed E-state index contributed by atoms with van der Waals surface area (Å²) in [5.41, 5.74) is 0.243. The summed E-state index contributed by atoms with van der Waals surface area (Å²) in [6.07, 6.45) is 0. The third-order valence-electron chi connectivity index (χ3n) is 1.84. The van der Waals surface area contributed by atoms with Gasteiger partial charge in [0.2, 0.25) is 0 Å². The number of hydrogen-bond donors (Lipinski definition) is 0. The van der Waals surface area contributed by atoms with Crippen LogP contribution in [0.5, 0.6) is 11.5 Å². The zero-order chi connectivity index (χ0) is 12.3. The Morgan fingerprint density at radius 1 is 1.06 bits per heavy atom. The van der Waals surface area contributed by atoms with Gasteiger partial charge in [0.15, 0.2) is 0 Å². The van der Waals surface area contributed by atoms with Gasteiger partial charge in [-0.25, -0.2) is 0 Å². The van der Waals surface area contributed by atoms with Gasteiger partial charge in [-0.3, -0.25) is 0 Å². The van der Waals surface area contributed by atoms with E-state index in [0.29, 0.717) is 5.56 Å². The second-order valence-electron chi connectivity index (χ2n) is 2.95. The van der Waals surface area contributed by atoms with E-state index in [1.165, 1.54) is 19.1 Å². The molecule has 0 aliphatic heterocycles. The highest BCUT2D eigenvalue weighted by Crippen LogP contribution is 2.32. The molecule has 0 aliphatic rings. The third-order valence-corrected chi connectivity index (χ3v) is 1.84. The summed E-state index contributed by atoms with van der Waals surface area (Å²) in [5, 5.41) is 0. The highest BCUT2D eigenvalue weighted by atomic mass is 19.3. The van der Waals surface area contributed by atoms with Crippen LogP contribution in [0.4, 0.5) is 17.6 Å². The van der Waals surface area contributed by atoms with E-state index in [1.807, 2.05) is 0 Å². The van der Waals surface area contributed by atoms with Crippen LogP contribution in [0.2, 0.25) is 0 Å². The van der Waals surface area contributed by atoms with Crippen LogP contribution in [-0.4, -0.2) is 13.2 Å². The first kappa shape index (κ1) is 12.6. The van der Waals surface area contributed by atoms with Crippen LogP contribution in [-0.2, 0) is 0 Å². The van der Waals surface area contributed by atoms with Gasteiger partial charge < -0.3 is 9.47 Å². The number of ether oxygens (including phenoxy) is 2. The first-order valence-electron chi connectivity index (χ1n) is 4.27. The Labute approximate surface area is 89.8 Å². The first-order valence-corrected chi connectivity index (χ1v) is 4.27. The van der Waals surface area contributed by atoms with Crippen molar-refractivity contribution in [1.82, 2.24) is 0 Å². The number of hydrogen-bond acceptors (Lipinski definition) is 2. The molecule has 0 atom stereocenters. The monoisotopic (exact) mass is 237 g/mol. The molecule has 0 N–H and O–H groups in total. The number of alkyl halides is 4. The summed E-state index contributed by atoms with van der Waals surface area (Å²) in [6.45, 7) is -1.21. The van der Waals surface area contributed by atoms with Crippen molar-refractivity contribution in [2.75, 3.05) is 0 Å². The highest BCUT2D eigenvalue weighted by molar-refractivity contribution is 5.51. The van der Waals surface area contributed by atoms with Crippen LogP contribution in [0.3, 0.4) is 0 Å². The maximum Gasteiger partial charge on any atom is 0.387 e. The van der Waals surface area contributed by atoms with Gasteiger partial charge >= 0.3 is 13.2 Å². The number of rotatable bonds is 4. The Hall–Kier alpha value is -1.46. The topological polar surface area (TPSA) is 18.5 Å². The molecular weight excluding hydrogens is 228 g/mol.